The summed E-state index contributed by atoms with van der Waals surface area (Å²) in [5, 5.41) is 3.17. The molecule has 0 aliphatic carbocycles. The normalized spacial score (nSPS) is 12.4. The third-order valence-corrected chi connectivity index (χ3v) is 1.97. The van der Waals surface area contributed by atoms with Crippen molar-refractivity contribution in [1.82, 2.24) is 15.3 Å². The quantitative estimate of drug-likeness (QED) is 0.721. The highest BCUT2D eigenvalue weighted by molar-refractivity contribution is 5.74. The van der Waals surface area contributed by atoms with Gasteiger partial charge in [-0.2, -0.15) is 0 Å². The van der Waals surface area contributed by atoms with Crippen LogP contribution in [0.3, 0.4) is 0 Å². The molecule has 0 aromatic carbocycles. The van der Waals surface area contributed by atoms with Gasteiger partial charge in [0.1, 0.15) is 5.82 Å². The predicted octanol–water partition coefficient (Wildman–Crippen LogP) is 0.139. The Morgan fingerprint density at radius 2 is 2.40 bits per heavy atom. The summed E-state index contributed by atoms with van der Waals surface area (Å²) < 4.78 is 0. The van der Waals surface area contributed by atoms with E-state index in [1.807, 2.05) is 19.9 Å². The highest BCUT2D eigenvalue weighted by Gasteiger charge is 2.05. The second-order valence-corrected chi connectivity index (χ2v) is 3.55. The van der Waals surface area contributed by atoms with Gasteiger partial charge in [-0.15, -0.1) is 0 Å². The molecule has 3 N–H and O–H groups in total. The minimum absolute atomic E-state index is 0.0674. The maximum Gasteiger partial charge on any atom is 0.218 e. The number of carbonyl (C=O) groups excluding carboxylic acids is 1. The summed E-state index contributed by atoms with van der Waals surface area (Å²) in [5.41, 5.74) is 6.00. The molecule has 0 radical (unpaired) electrons. The third kappa shape index (κ3) is 4.51. The summed E-state index contributed by atoms with van der Waals surface area (Å²) in [6.07, 6.45) is 2.06. The number of nitrogens with zero attached hydrogens (tertiary/aromatic N) is 2. The standard InChI is InChI=1S/C10H16N4O/c1-7(5-10(11)15)13-6-9-3-4-12-8(2)14-9/h3-4,7,13H,5-6H2,1-2H3,(H2,11,15). The summed E-state index contributed by atoms with van der Waals surface area (Å²) in [6.45, 7) is 4.38. The van der Waals surface area contributed by atoms with Crippen LogP contribution < -0.4 is 11.1 Å². The van der Waals surface area contributed by atoms with Crippen molar-refractivity contribution < 1.29 is 4.79 Å². The fourth-order valence-corrected chi connectivity index (χ4v) is 1.26. The molecule has 0 saturated carbocycles. The molecule has 1 amide bonds. The van der Waals surface area contributed by atoms with Crippen molar-refractivity contribution in [3.8, 4) is 0 Å². The van der Waals surface area contributed by atoms with E-state index in [2.05, 4.69) is 15.3 Å². The van der Waals surface area contributed by atoms with Crippen LogP contribution in [0.1, 0.15) is 24.9 Å². The number of rotatable bonds is 5. The van der Waals surface area contributed by atoms with Crippen molar-refractivity contribution in [2.75, 3.05) is 0 Å². The average molecular weight is 208 g/mol. The molecular weight excluding hydrogens is 192 g/mol. The van der Waals surface area contributed by atoms with Gasteiger partial charge in [0.15, 0.2) is 0 Å². The molecule has 1 atom stereocenters. The van der Waals surface area contributed by atoms with Gasteiger partial charge in [0.25, 0.3) is 0 Å². The first-order valence-electron chi connectivity index (χ1n) is 4.88. The van der Waals surface area contributed by atoms with Crippen LogP contribution in [0.5, 0.6) is 0 Å². The number of nitrogens with one attached hydrogen (secondary N) is 1. The minimum atomic E-state index is -0.297. The fourth-order valence-electron chi connectivity index (χ4n) is 1.26. The maximum atomic E-state index is 10.6. The molecule has 0 aliphatic heterocycles. The van der Waals surface area contributed by atoms with Gasteiger partial charge in [-0.1, -0.05) is 0 Å². The molecule has 0 aliphatic rings. The summed E-state index contributed by atoms with van der Waals surface area (Å²) >= 11 is 0. The summed E-state index contributed by atoms with van der Waals surface area (Å²) in [4.78, 5) is 18.9. The molecule has 1 aromatic heterocycles. The average Bonchev–Trinajstić information content (AvgIpc) is 2.14. The number of nitrogens with two attached hydrogens (primary N) is 1. The van der Waals surface area contributed by atoms with E-state index < -0.39 is 0 Å². The predicted molar refractivity (Wildman–Crippen MR) is 56.9 cm³/mol. The van der Waals surface area contributed by atoms with Crippen molar-refractivity contribution in [2.24, 2.45) is 5.73 Å². The van der Waals surface area contributed by atoms with E-state index in [0.29, 0.717) is 13.0 Å². The van der Waals surface area contributed by atoms with Gasteiger partial charge in [0.05, 0.1) is 5.69 Å². The molecule has 82 valence electrons. The molecule has 0 bridgehead atoms. The monoisotopic (exact) mass is 208 g/mol. The van der Waals surface area contributed by atoms with Crippen LogP contribution in [0.2, 0.25) is 0 Å². The molecule has 5 heteroatoms. The van der Waals surface area contributed by atoms with E-state index in [1.54, 1.807) is 6.20 Å². The highest BCUT2D eigenvalue weighted by Crippen LogP contribution is 1.96. The maximum absolute atomic E-state index is 10.6. The number of amides is 1. The molecule has 1 rings (SSSR count). The number of carbonyl (C=O) groups is 1. The Morgan fingerprint density at radius 3 is 3.00 bits per heavy atom. The van der Waals surface area contributed by atoms with Crippen molar-refractivity contribution in [3.05, 3.63) is 23.8 Å². The lowest BCUT2D eigenvalue weighted by molar-refractivity contribution is -0.118. The Kier molecular flexibility index (Phi) is 4.17. The van der Waals surface area contributed by atoms with Gasteiger partial charge in [0, 0.05) is 25.2 Å². The van der Waals surface area contributed by atoms with Gasteiger partial charge in [-0.3, -0.25) is 4.79 Å². The van der Waals surface area contributed by atoms with Crippen LogP contribution in [0.4, 0.5) is 0 Å². The summed E-state index contributed by atoms with van der Waals surface area (Å²) in [6, 6.07) is 1.91. The Hall–Kier alpha value is -1.49. The zero-order chi connectivity index (χ0) is 11.3. The molecule has 5 nitrogen and oxygen atoms in total. The van der Waals surface area contributed by atoms with E-state index in [1.165, 1.54) is 0 Å². The van der Waals surface area contributed by atoms with E-state index >= 15 is 0 Å². The van der Waals surface area contributed by atoms with E-state index in [4.69, 9.17) is 5.73 Å². The topological polar surface area (TPSA) is 80.9 Å². The smallest absolute Gasteiger partial charge is 0.218 e. The molecule has 0 saturated heterocycles. The molecule has 0 spiro atoms. The van der Waals surface area contributed by atoms with Gasteiger partial charge in [-0.05, 0) is 19.9 Å². The second kappa shape index (κ2) is 5.41. The SMILES string of the molecule is Cc1nccc(CNC(C)CC(N)=O)n1. The van der Waals surface area contributed by atoms with Crippen LogP contribution in [0.15, 0.2) is 12.3 Å². The molecule has 1 heterocycles. The third-order valence-electron chi connectivity index (χ3n) is 1.97. The van der Waals surface area contributed by atoms with Crippen LogP contribution in [0, 0.1) is 6.92 Å². The minimum Gasteiger partial charge on any atom is -0.370 e. The van der Waals surface area contributed by atoms with Crippen molar-refractivity contribution in [2.45, 2.75) is 32.9 Å². The molecule has 1 unspecified atom stereocenters. The Balaban J connectivity index is 2.40. The van der Waals surface area contributed by atoms with Crippen LogP contribution in [0.25, 0.3) is 0 Å². The summed E-state index contributed by atoms with van der Waals surface area (Å²) in [5.74, 6) is 0.450. The zero-order valence-electron chi connectivity index (χ0n) is 9.03. The Morgan fingerprint density at radius 1 is 1.67 bits per heavy atom. The van der Waals surface area contributed by atoms with Gasteiger partial charge < -0.3 is 11.1 Å². The number of aryl methyl sites for hydroxylation is 1. The molecule has 15 heavy (non-hydrogen) atoms. The van der Waals surface area contributed by atoms with Gasteiger partial charge in [0.2, 0.25) is 5.91 Å². The van der Waals surface area contributed by atoms with Crippen molar-refractivity contribution >= 4 is 5.91 Å². The Bertz CT molecular complexity index is 340. The first-order valence-corrected chi connectivity index (χ1v) is 4.88. The first-order chi connectivity index (χ1) is 7.08. The lowest BCUT2D eigenvalue weighted by Gasteiger charge is -2.11. The Labute approximate surface area is 89.1 Å². The van der Waals surface area contributed by atoms with Crippen molar-refractivity contribution in [3.63, 3.8) is 0 Å². The van der Waals surface area contributed by atoms with Crippen LogP contribution in [-0.2, 0) is 11.3 Å². The van der Waals surface area contributed by atoms with Crippen LogP contribution in [-0.4, -0.2) is 21.9 Å². The van der Waals surface area contributed by atoms with E-state index in [9.17, 15) is 4.79 Å². The lowest BCUT2D eigenvalue weighted by Crippen LogP contribution is -2.30. The first kappa shape index (κ1) is 11.6. The zero-order valence-corrected chi connectivity index (χ0v) is 9.03. The molecule has 1 aromatic rings. The van der Waals surface area contributed by atoms with E-state index in [-0.39, 0.29) is 11.9 Å². The fraction of sp³-hybridized carbons (Fsp3) is 0.500. The number of hydrogen-bond acceptors (Lipinski definition) is 4. The summed E-state index contributed by atoms with van der Waals surface area (Å²) in [7, 11) is 0. The van der Waals surface area contributed by atoms with Gasteiger partial charge in [-0.25, -0.2) is 9.97 Å². The van der Waals surface area contributed by atoms with Crippen molar-refractivity contribution in [1.29, 1.82) is 0 Å². The molecule has 0 fully saturated rings. The molecular formula is C10H16N4O. The number of primary amides is 1. The van der Waals surface area contributed by atoms with Gasteiger partial charge >= 0.3 is 0 Å². The number of hydrogen-bond donors (Lipinski definition) is 2. The lowest BCUT2D eigenvalue weighted by atomic mass is 10.2. The van der Waals surface area contributed by atoms with Crippen LogP contribution >= 0.6 is 0 Å². The van der Waals surface area contributed by atoms with E-state index in [0.717, 1.165) is 11.5 Å². The number of aromatic nitrogens is 2. The second-order valence-electron chi connectivity index (χ2n) is 3.55. The highest BCUT2D eigenvalue weighted by atomic mass is 16.1. The largest absolute Gasteiger partial charge is 0.370 e.